The largest absolute Gasteiger partial charge is 0.416 e. The molecule has 0 unspecified atom stereocenters. The van der Waals surface area contributed by atoms with E-state index in [9.17, 15) is 14.0 Å². The van der Waals surface area contributed by atoms with E-state index in [4.69, 9.17) is 4.42 Å². The van der Waals surface area contributed by atoms with Crippen LogP contribution in [0.15, 0.2) is 58.2 Å². The van der Waals surface area contributed by atoms with Crippen LogP contribution in [0, 0.1) is 12.7 Å². The Morgan fingerprint density at radius 2 is 1.84 bits per heavy atom. The lowest BCUT2D eigenvalue weighted by Gasteiger charge is -2.36. The number of halogens is 1. The molecule has 0 atom stereocenters. The van der Waals surface area contributed by atoms with Gasteiger partial charge in [-0.1, -0.05) is 17.8 Å². The van der Waals surface area contributed by atoms with E-state index >= 15 is 0 Å². The van der Waals surface area contributed by atoms with Crippen LogP contribution in [0.1, 0.15) is 16.2 Å². The second kappa shape index (κ2) is 9.82. The zero-order valence-electron chi connectivity index (χ0n) is 17.5. The molecular weight excluding hydrogens is 433 g/mol. The maximum absolute atomic E-state index is 13.4. The van der Waals surface area contributed by atoms with Crippen molar-refractivity contribution in [3.05, 3.63) is 65.8 Å². The van der Waals surface area contributed by atoms with Crippen LogP contribution in [0.3, 0.4) is 0 Å². The number of benzene rings is 2. The average Bonchev–Trinajstić information content (AvgIpc) is 3.23. The van der Waals surface area contributed by atoms with E-state index in [1.165, 1.54) is 23.9 Å². The molecule has 32 heavy (non-hydrogen) atoms. The van der Waals surface area contributed by atoms with Gasteiger partial charge in [-0.05, 0) is 42.5 Å². The van der Waals surface area contributed by atoms with Crippen molar-refractivity contribution in [2.24, 2.45) is 0 Å². The molecule has 4 rings (SSSR count). The Balaban J connectivity index is 1.26. The van der Waals surface area contributed by atoms with Crippen LogP contribution in [-0.4, -0.2) is 58.8 Å². The second-order valence-corrected chi connectivity index (χ2v) is 8.19. The number of aromatic nitrogens is 2. The van der Waals surface area contributed by atoms with Crippen molar-refractivity contribution in [3.63, 3.8) is 0 Å². The fourth-order valence-electron chi connectivity index (χ4n) is 3.39. The van der Waals surface area contributed by atoms with E-state index in [1.54, 1.807) is 24.0 Å². The molecule has 8 nitrogen and oxygen atoms in total. The summed E-state index contributed by atoms with van der Waals surface area (Å²) in [6, 6.07) is 13.3. The number of carbonyl (C=O) groups is 2. The lowest BCUT2D eigenvalue weighted by Crippen LogP contribution is -2.48. The Bertz CT molecular complexity index is 1100. The van der Waals surface area contributed by atoms with Gasteiger partial charge in [0, 0.05) is 50.0 Å². The highest BCUT2D eigenvalue weighted by Crippen LogP contribution is 2.21. The third-order valence-corrected chi connectivity index (χ3v) is 5.81. The van der Waals surface area contributed by atoms with Gasteiger partial charge in [0.05, 0.1) is 5.75 Å². The third-order valence-electron chi connectivity index (χ3n) is 4.99. The second-order valence-electron chi connectivity index (χ2n) is 7.26. The first-order chi connectivity index (χ1) is 15.5. The summed E-state index contributed by atoms with van der Waals surface area (Å²) in [5.41, 5.74) is 2.07. The molecule has 166 valence electrons. The standard InChI is InChI=1S/C22H22FN5O3S/c1-15-25-26-22(31-15)32-14-20(29)24-18-5-7-19(8-6-18)27-9-11-28(12-10-27)21(30)16-3-2-4-17(23)13-16/h2-8,13H,9-12,14H2,1H3,(H,24,29). The molecule has 10 heteroatoms. The maximum atomic E-state index is 13.4. The Kier molecular flexibility index (Phi) is 6.69. The summed E-state index contributed by atoms with van der Waals surface area (Å²) in [5.74, 6) is -0.100. The zero-order chi connectivity index (χ0) is 22.5. The number of amides is 2. The first kappa shape index (κ1) is 21.8. The van der Waals surface area contributed by atoms with Gasteiger partial charge in [-0.2, -0.15) is 0 Å². The maximum Gasteiger partial charge on any atom is 0.277 e. The van der Waals surface area contributed by atoms with Crippen LogP contribution in [0.2, 0.25) is 0 Å². The van der Waals surface area contributed by atoms with Crippen LogP contribution in [0.4, 0.5) is 15.8 Å². The van der Waals surface area contributed by atoms with Crippen molar-refractivity contribution in [2.75, 3.05) is 42.1 Å². The lowest BCUT2D eigenvalue weighted by atomic mass is 10.1. The number of carbonyl (C=O) groups excluding carboxylic acids is 2. The van der Waals surface area contributed by atoms with Crippen molar-refractivity contribution in [3.8, 4) is 0 Å². The zero-order valence-corrected chi connectivity index (χ0v) is 18.3. The molecule has 2 heterocycles. The summed E-state index contributed by atoms with van der Waals surface area (Å²) in [6.07, 6.45) is 0. The Morgan fingerprint density at radius 1 is 1.09 bits per heavy atom. The third kappa shape index (κ3) is 5.44. The number of nitrogens with zero attached hydrogens (tertiary/aromatic N) is 4. The molecule has 1 N–H and O–H groups in total. The topological polar surface area (TPSA) is 91.6 Å². The monoisotopic (exact) mass is 455 g/mol. The minimum Gasteiger partial charge on any atom is -0.416 e. The first-order valence-electron chi connectivity index (χ1n) is 10.1. The predicted octanol–water partition coefficient (Wildman–Crippen LogP) is 3.21. The fraction of sp³-hybridized carbons (Fsp3) is 0.273. The summed E-state index contributed by atoms with van der Waals surface area (Å²) in [6.45, 7) is 4.15. The highest BCUT2D eigenvalue weighted by molar-refractivity contribution is 7.99. The molecule has 0 bridgehead atoms. The number of hydrogen-bond donors (Lipinski definition) is 1. The average molecular weight is 456 g/mol. The van der Waals surface area contributed by atoms with Crippen LogP contribution < -0.4 is 10.2 Å². The number of piperazine rings is 1. The molecule has 1 aliphatic rings. The molecule has 3 aromatic rings. The van der Waals surface area contributed by atoms with Crippen LogP contribution in [0.25, 0.3) is 0 Å². The lowest BCUT2D eigenvalue weighted by molar-refractivity contribution is -0.113. The SMILES string of the molecule is Cc1nnc(SCC(=O)Nc2ccc(N3CCN(C(=O)c4cccc(F)c4)CC3)cc2)o1. The Hall–Kier alpha value is -3.40. The number of thioether (sulfide) groups is 1. The molecule has 0 aliphatic carbocycles. The normalized spacial score (nSPS) is 13.8. The van der Waals surface area contributed by atoms with Gasteiger partial charge < -0.3 is 19.5 Å². The van der Waals surface area contributed by atoms with E-state index in [-0.39, 0.29) is 17.6 Å². The summed E-state index contributed by atoms with van der Waals surface area (Å²) in [5, 5.41) is 10.8. The molecule has 1 saturated heterocycles. The molecule has 0 radical (unpaired) electrons. The van der Waals surface area contributed by atoms with E-state index in [2.05, 4.69) is 20.4 Å². The minimum atomic E-state index is -0.412. The molecule has 2 amide bonds. The highest BCUT2D eigenvalue weighted by atomic mass is 32.2. The summed E-state index contributed by atoms with van der Waals surface area (Å²) >= 11 is 1.18. The Morgan fingerprint density at radius 3 is 2.50 bits per heavy atom. The van der Waals surface area contributed by atoms with Crippen molar-refractivity contribution >= 4 is 35.0 Å². The number of nitrogens with one attached hydrogen (secondary N) is 1. The number of hydrogen-bond acceptors (Lipinski definition) is 7. The van der Waals surface area contributed by atoms with Gasteiger partial charge in [0.25, 0.3) is 11.1 Å². The molecular formula is C22H22FN5O3S. The first-order valence-corrected chi connectivity index (χ1v) is 11.1. The van der Waals surface area contributed by atoms with Crippen molar-refractivity contribution in [2.45, 2.75) is 12.1 Å². The van der Waals surface area contributed by atoms with Gasteiger partial charge in [-0.25, -0.2) is 4.39 Å². The fourth-order valence-corrected chi connectivity index (χ4v) is 3.99. The van der Waals surface area contributed by atoms with Gasteiger partial charge in [-0.3, -0.25) is 9.59 Å². The Labute approximate surface area is 188 Å². The van der Waals surface area contributed by atoms with Gasteiger partial charge in [0.1, 0.15) is 5.82 Å². The highest BCUT2D eigenvalue weighted by Gasteiger charge is 2.22. The number of aryl methyl sites for hydroxylation is 1. The van der Waals surface area contributed by atoms with Crippen LogP contribution >= 0.6 is 11.8 Å². The molecule has 1 aromatic heterocycles. The number of anilines is 2. The van der Waals surface area contributed by atoms with Crippen LogP contribution in [0.5, 0.6) is 0 Å². The van der Waals surface area contributed by atoms with E-state index in [0.29, 0.717) is 48.5 Å². The number of rotatable bonds is 6. The molecule has 1 fully saturated rings. The summed E-state index contributed by atoms with van der Waals surface area (Å²) in [7, 11) is 0. The van der Waals surface area contributed by atoms with Gasteiger partial charge >= 0.3 is 0 Å². The summed E-state index contributed by atoms with van der Waals surface area (Å²) in [4.78, 5) is 28.6. The van der Waals surface area contributed by atoms with E-state index < -0.39 is 5.82 Å². The predicted molar refractivity (Wildman–Crippen MR) is 119 cm³/mol. The van der Waals surface area contributed by atoms with Crippen molar-refractivity contribution in [1.29, 1.82) is 0 Å². The molecule has 0 saturated carbocycles. The minimum absolute atomic E-state index is 0.157. The molecule has 2 aromatic carbocycles. The summed E-state index contributed by atoms with van der Waals surface area (Å²) < 4.78 is 18.6. The quantitative estimate of drug-likeness (QED) is 0.571. The van der Waals surface area contributed by atoms with Crippen LogP contribution in [-0.2, 0) is 4.79 Å². The van der Waals surface area contributed by atoms with Crippen molar-refractivity contribution in [1.82, 2.24) is 15.1 Å². The molecule has 0 spiro atoms. The van der Waals surface area contributed by atoms with Gasteiger partial charge in [0.15, 0.2) is 0 Å². The van der Waals surface area contributed by atoms with Gasteiger partial charge in [0.2, 0.25) is 11.8 Å². The van der Waals surface area contributed by atoms with Gasteiger partial charge in [-0.15, -0.1) is 10.2 Å². The van der Waals surface area contributed by atoms with E-state index in [0.717, 1.165) is 5.69 Å². The van der Waals surface area contributed by atoms with Crippen molar-refractivity contribution < 1.29 is 18.4 Å². The smallest absolute Gasteiger partial charge is 0.277 e. The molecule has 1 aliphatic heterocycles. The van der Waals surface area contributed by atoms with E-state index in [1.807, 2.05) is 24.3 Å².